The van der Waals surface area contributed by atoms with Gasteiger partial charge in [-0.2, -0.15) is 0 Å². The number of hydrogen-bond donors (Lipinski definition) is 1. The van der Waals surface area contributed by atoms with E-state index in [1.807, 2.05) is 13.8 Å². The summed E-state index contributed by atoms with van der Waals surface area (Å²) in [7, 11) is 0. The maximum atomic E-state index is 8.21. The fourth-order valence-corrected chi connectivity index (χ4v) is 0.551. The number of ether oxygens (including phenoxy) is 2. The predicted molar refractivity (Wildman–Crippen MR) is 34.1 cm³/mol. The lowest BCUT2D eigenvalue weighted by atomic mass is 10.4. The van der Waals surface area contributed by atoms with Crippen molar-refractivity contribution in [1.29, 1.82) is 0 Å². The number of aliphatic hydroxyl groups is 1. The van der Waals surface area contributed by atoms with Crippen LogP contribution in [0.25, 0.3) is 0 Å². The van der Waals surface area contributed by atoms with Gasteiger partial charge in [0.05, 0.1) is 12.7 Å². The van der Waals surface area contributed by atoms with Crippen molar-refractivity contribution >= 4 is 0 Å². The Bertz CT molecular complexity index is 56.3. The van der Waals surface area contributed by atoms with Crippen LogP contribution in [-0.2, 0) is 9.47 Å². The van der Waals surface area contributed by atoms with Crippen molar-refractivity contribution in [2.75, 3.05) is 20.0 Å². The fourth-order valence-electron chi connectivity index (χ4n) is 0.551. The Kier molecular flexibility index (Phi) is 5.93. The van der Waals surface area contributed by atoms with E-state index in [0.717, 1.165) is 0 Å². The van der Waals surface area contributed by atoms with Gasteiger partial charge in [-0.3, -0.25) is 0 Å². The molecule has 9 heavy (non-hydrogen) atoms. The van der Waals surface area contributed by atoms with Gasteiger partial charge in [-0.25, -0.2) is 0 Å². The van der Waals surface area contributed by atoms with Crippen LogP contribution in [0.3, 0.4) is 0 Å². The first-order chi connectivity index (χ1) is 4.31. The topological polar surface area (TPSA) is 38.7 Å². The summed E-state index contributed by atoms with van der Waals surface area (Å²) in [5.74, 6) is 0. The van der Waals surface area contributed by atoms with E-state index in [0.29, 0.717) is 13.2 Å². The van der Waals surface area contributed by atoms with Gasteiger partial charge in [0.2, 0.25) is 0 Å². The van der Waals surface area contributed by atoms with Gasteiger partial charge in [0.25, 0.3) is 0 Å². The molecule has 0 aliphatic rings. The largest absolute Gasteiger partial charge is 0.376 e. The molecule has 0 bridgehead atoms. The molecule has 3 nitrogen and oxygen atoms in total. The van der Waals surface area contributed by atoms with E-state index in [1.165, 1.54) is 0 Å². The predicted octanol–water partition coefficient (Wildman–Crippen LogP) is 0.378. The van der Waals surface area contributed by atoms with Gasteiger partial charge in [0.1, 0.15) is 6.79 Å². The minimum absolute atomic E-state index is 0.0853. The number of aliphatic hydroxyl groups excluding tert-OH is 1. The van der Waals surface area contributed by atoms with E-state index in [2.05, 4.69) is 4.74 Å². The molecule has 0 heterocycles. The van der Waals surface area contributed by atoms with Crippen molar-refractivity contribution in [3.63, 3.8) is 0 Å². The summed E-state index contributed by atoms with van der Waals surface area (Å²) >= 11 is 0. The highest BCUT2D eigenvalue weighted by atomic mass is 16.6. The summed E-state index contributed by atoms with van der Waals surface area (Å²) < 4.78 is 9.79. The van der Waals surface area contributed by atoms with Crippen molar-refractivity contribution in [2.45, 2.75) is 20.0 Å². The van der Waals surface area contributed by atoms with E-state index in [9.17, 15) is 0 Å². The average Bonchev–Trinajstić information content (AvgIpc) is 1.85. The minimum Gasteiger partial charge on any atom is -0.376 e. The number of rotatable bonds is 5. The minimum atomic E-state index is -0.225. The Labute approximate surface area is 55.6 Å². The highest BCUT2D eigenvalue weighted by molar-refractivity contribution is 4.43. The zero-order valence-corrected chi connectivity index (χ0v) is 5.96. The van der Waals surface area contributed by atoms with Gasteiger partial charge in [-0.15, -0.1) is 0 Å². The first-order valence-corrected chi connectivity index (χ1v) is 3.11. The summed E-state index contributed by atoms with van der Waals surface area (Å²) in [6.07, 6.45) is 0.0853. The van der Waals surface area contributed by atoms with Gasteiger partial charge in [-0.1, -0.05) is 0 Å². The first kappa shape index (κ1) is 8.88. The van der Waals surface area contributed by atoms with Crippen LogP contribution in [0.2, 0.25) is 0 Å². The highest BCUT2D eigenvalue weighted by Gasteiger charge is 1.97. The monoisotopic (exact) mass is 134 g/mol. The van der Waals surface area contributed by atoms with Gasteiger partial charge >= 0.3 is 0 Å². The molecule has 0 radical (unpaired) electrons. The Morgan fingerprint density at radius 2 is 2.22 bits per heavy atom. The van der Waals surface area contributed by atoms with Crippen LogP contribution >= 0.6 is 0 Å². The lowest BCUT2D eigenvalue weighted by molar-refractivity contribution is -0.0564. The van der Waals surface area contributed by atoms with E-state index >= 15 is 0 Å². The van der Waals surface area contributed by atoms with Gasteiger partial charge in [-0.05, 0) is 13.8 Å². The molecule has 1 unspecified atom stereocenters. The van der Waals surface area contributed by atoms with Gasteiger partial charge in [0, 0.05) is 6.61 Å². The zero-order valence-electron chi connectivity index (χ0n) is 5.96. The van der Waals surface area contributed by atoms with Crippen LogP contribution in [0.15, 0.2) is 0 Å². The lowest BCUT2D eigenvalue weighted by Gasteiger charge is -2.09. The average molecular weight is 134 g/mol. The molecule has 0 fully saturated rings. The lowest BCUT2D eigenvalue weighted by Crippen LogP contribution is -2.15. The van der Waals surface area contributed by atoms with E-state index in [-0.39, 0.29) is 12.9 Å². The first-order valence-electron chi connectivity index (χ1n) is 3.11. The zero-order chi connectivity index (χ0) is 7.11. The standard InChI is InChI=1S/C6H14O3/c1-3-9-6(2)4-8-5-7/h6-7H,3-5H2,1-2H3. The smallest absolute Gasteiger partial charge is 0.143 e. The number of hydrogen-bond acceptors (Lipinski definition) is 3. The van der Waals surface area contributed by atoms with Crippen molar-refractivity contribution in [3.8, 4) is 0 Å². The van der Waals surface area contributed by atoms with E-state index in [4.69, 9.17) is 9.84 Å². The summed E-state index contributed by atoms with van der Waals surface area (Å²) in [4.78, 5) is 0. The summed E-state index contributed by atoms with van der Waals surface area (Å²) in [5.41, 5.74) is 0. The van der Waals surface area contributed by atoms with Crippen molar-refractivity contribution in [3.05, 3.63) is 0 Å². The SMILES string of the molecule is CCOC(C)COCO. The normalized spacial score (nSPS) is 13.7. The maximum absolute atomic E-state index is 8.21. The second-order valence-corrected chi connectivity index (χ2v) is 1.77. The molecule has 3 heteroatoms. The molecule has 0 aromatic carbocycles. The molecule has 0 amide bonds. The molecule has 0 rings (SSSR count). The molecular weight excluding hydrogens is 120 g/mol. The van der Waals surface area contributed by atoms with E-state index in [1.54, 1.807) is 0 Å². The summed E-state index contributed by atoms with van der Waals surface area (Å²) in [6.45, 7) is 4.76. The Morgan fingerprint density at radius 3 is 2.67 bits per heavy atom. The molecule has 0 spiro atoms. The van der Waals surface area contributed by atoms with Crippen LogP contribution < -0.4 is 0 Å². The fraction of sp³-hybridized carbons (Fsp3) is 1.00. The van der Waals surface area contributed by atoms with Crippen molar-refractivity contribution in [1.82, 2.24) is 0 Å². The molecule has 0 saturated heterocycles. The van der Waals surface area contributed by atoms with Crippen LogP contribution in [-0.4, -0.2) is 31.2 Å². The Balaban J connectivity index is 2.95. The quantitative estimate of drug-likeness (QED) is 0.552. The third-order valence-electron chi connectivity index (χ3n) is 0.895. The summed E-state index contributed by atoms with van der Waals surface area (Å²) in [6, 6.07) is 0. The molecule has 0 aliphatic heterocycles. The van der Waals surface area contributed by atoms with Crippen LogP contribution in [0.4, 0.5) is 0 Å². The van der Waals surface area contributed by atoms with Crippen LogP contribution in [0, 0.1) is 0 Å². The molecule has 0 aromatic heterocycles. The molecule has 1 N–H and O–H groups in total. The maximum Gasteiger partial charge on any atom is 0.143 e. The van der Waals surface area contributed by atoms with Gasteiger partial charge < -0.3 is 14.6 Å². The third-order valence-corrected chi connectivity index (χ3v) is 0.895. The second-order valence-electron chi connectivity index (χ2n) is 1.77. The van der Waals surface area contributed by atoms with Crippen LogP contribution in [0.1, 0.15) is 13.8 Å². The van der Waals surface area contributed by atoms with Gasteiger partial charge in [0.15, 0.2) is 0 Å². The molecule has 1 atom stereocenters. The highest BCUT2D eigenvalue weighted by Crippen LogP contribution is 1.89. The summed E-state index contributed by atoms with van der Waals surface area (Å²) in [5, 5.41) is 8.21. The molecular formula is C6H14O3. The second kappa shape index (κ2) is 6.01. The molecule has 0 aromatic rings. The third kappa shape index (κ3) is 5.76. The Morgan fingerprint density at radius 1 is 1.56 bits per heavy atom. The van der Waals surface area contributed by atoms with Crippen molar-refractivity contribution in [2.24, 2.45) is 0 Å². The molecule has 0 saturated carbocycles. The van der Waals surface area contributed by atoms with Crippen LogP contribution in [0.5, 0.6) is 0 Å². The van der Waals surface area contributed by atoms with Crippen molar-refractivity contribution < 1.29 is 14.6 Å². The van der Waals surface area contributed by atoms with E-state index < -0.39 is 0 Å². The molecule has 56 valence electrons. The Hall–Kier alpha value is -0.120. The molecule has 0 aliphatic carbocycles.